The maximum Gasteiger partial charge on any atom is 0.259 e. The van der Waals surface area contributed by atoms with Crippen molar-refractivity contribution in [1.82, 2.24) is 19.9 Å². The van der Waals surface area contributed by atoms with Crippen LogP contribution < -0.4 is 11.1 Å². The molecular weight excluding hydrogens is 491 g/mol. The Hall–Kier alpha value is -2.82. The minimum absolute atomic E-state index is 0.0238. The van der Waals surface area contributed by atoms with Gasteiger partial charge in [0.1, 0.15) is 17.0 Å². The first-order valence-electron chi connectivity index (χ1n) is 12.8. The largest absolute Gasteiger partial charge is 0.376 e. The van der Waals surface area contributed by atoms with Crippen LogP contribution in [0, 0.1) is 12.8 Å². The molecule has 0 saturated heterocycles. The van der Waals surface area contributed by atoms with Crippen molar-refractivity contribution in [2.24, 2.45) is 11.7 Å². The summed E-state index contributed by atoms with van der Waals surface area (Å²) in [5, 5.41) is 4.18. The highest BCUT2D eigenvalue weighted by atomic mass is 32.1. The molecule has 3 rings (SSSR count). The minimum Gasteiger partial charge on any atom is -0.376 e. The first-order valence-corrected chi connectivity index (χ1v) is 13.6. The van der Waals surface area contributed by atoms with E-state index in [2.05, 4.69) is 45.1 Å². The van der Waals surface area contributed by atoms with E-state index in [4.69, 9.17) is 10.5 Å². The van der Waals surface area contributed by atoms with E-state index in [0.717, 1.165) is 37.0 Å². The first-order chi connectivity index (χ1) is 17.7. The summed E-state index contributed by atoms with van der Waals surface area (Å²) >= 11 is 1.25. The van der Waals surface area contributed by atoms with Crippen molar-refractivity contribution in [2.75, 3.05) is 25.0 Å². The molecule has 0 bridgehead atoms. The summed E-state index contributed by atoms with van der Waals surface area (Å²) in [4.78, 5) is 27.4. The lowest BCUT2D eigenvalue weighted by Crippen LogP contribution is -2.30. The quantitative estimate of drug-likeness (QED) is 0.242. The third-order valence-corrected chi connectivity index (χ3v) is 7.59. The molecule has 0 spiro atoms. The molecule has 37 heavy (non-hydrogen) atoms. The summed E-state index contributed by atoms with van der Waals surface area (Å²) in [6.07, 6.45) is 6.34. The number of nitrogens with two attached hydrogens (primary N) is 1. The Kier molecular flexibility index (Phi) is 10.6. The predicted molar refractivity (Wildman–Crippen MR) is 149 cm³/mol. The zero-order chi connectivity index (χ0) is 26.9. The predicted octanol–water partition coefficient (Wildman–Crippen LogP) is 5.42. The van der Waals surface area contributed by atoms with Crippen LogP contribution in [0.5, 0.6) is 0 Å². The van der Waals surface area contributed by atoms with E-state index < -0.39 is 5.91 Å². The molecule has 3 aromatic rings. The molecule has 1 amide bonds. The van der Waals surface area contributed by atoms with Gasteiger partial charge in [-0.3, -0.25) is 9.69 Å². The zero-order valence-electron chi connectivity index (χ0n) is 22.4. The molecule has 0 aromatic carbocycles. The Balaban J connectivity index is 1.68. The fourth-order valence-corrected chi connectivity index (χ4v) is 5.05. The van der Waals surface area contributed by atoms with E-state index in [0.29, 0.717) is 28.6 Å². The number of hydrogen-bond donors (Lipinski definition) is 3. The van der Waals surface area contributed by atoms with Crippen LogP contribution >= 0.6 is 11.3 Å². The Morgan fingerprint density at radius 3 is 2.78 bits per heavy atom. The number of thiophene rings is 1. The molecule has 0 aliphatic heterocycles. The van der Waals surface area contributed by atoms with Gasteiger partial charge in [0.2, 0.25) is 0 Å². The number of carbonyl (C=O) groups excluding carboxylic acids is 1. The van der Waals surface area contributed by atoms with E-state index in [9.17, 15) is 9.18 Å². The number of H-pyrrole nitrogens is 1. The number of nitrogens with one attached hydrogen (secondary N) is 2. The van der Waals surface area contributed by atoms with Gasteiger partial charge in [-0.05, 0) is 50.9 Å². The highest BCUT2D eigenvalue weighted by Crippen LogP contribution is 2.33. The van der Waals surface area contributed by atoms with Gasteiger partial charge in [0.25, 0.3) is 5.91 Å². The summed E-state index contributed by atoms with van der Waals surface area (Å²) < 4.78 is 20.6. The third kappa shape index (κ3) is 8.08. The molecule has 3 heterocycles. The molecule has 0 aliphatic rings. The van der Waals surface area contributed by atoms with Crippen LogP contribution in [-0.4, -0.2) is 57.6 Å². The van der Waals surface area contributed by atoms with Gasteiger partial charge in [-0.2, -0.15) is 0 Å². The van der Waals surface area contributed by atoms with E-state index in [-0.39, 0.29) is 23.9 Å². The zero-order valence-corrected chi connectivity index (χ0v) is 23.2. The molecule has 0 fully saturated rings. The number of fused-ring (bicyclic) bond motifs is 1. The van der Waals surface area contributed by atoms with Gasteiger partial charge in [-0.15, -0.1) is 11.3 Å². The van der Waals surface area contributed by atoms with Gasteiger partial charge >= 0.3 is 0 Å². The van der Waals surface area contributed by atoms with Gasteiger partial charge < -0.3 is 20.8 Å². The number of hydrogen-bond acceptors (Lipinski definition) is 7. The van der Waals surface area contributed by atoms with Gasteiger partial charge in [-0.25, -0.2) is 14.4 Å². The molecule has 2 atom stereocenters. The van der Waals surface area contributed by atoms with Crippen molar-refractivity contribution in [3.05, 3.63) is 52.7 Å². The summed E-state index contributed by atoms with van der Waals surface area (Å²) in [5.74, 6) is -0.227. The second kappa shape index (κ2) is 13.6. The molecule has 4 N–H and O–H groups in total. The lowest BCUT2D eigenvalue weighted by molar-refractivity contribution is 0.0462. The van der Waals surface area contributed by atoms with Crippen molar-refractivity contribution in [2.45, 2.75) is 66.2 Å². The Morgan fingerprint density at radius 2 is 2.14 bits per heavy atom. The van der Waals surface area contributed by atoms with Gasteiger partial charge in [0.15, 0.2) is 0 Å². The number of halogens is 1. The first kappa shape index (κ1) is 28.7. The van der Waals surface area contributed by atoms with Crippen LogP contribution in [0.4, 0.5) is 10.2 Å². The smallest absolute Gasteiger partial charge is 0.259 e. The molecule has 0 aliphatic carbocycles. The molecule has 3 aromatic heterocycles. The molecule has 8 nitrogen and oxygen atoms in total. The van der Waals surface area contributed by atoms with Gasteiger partial charge in [0, 0.05) is 30.9 Å². The van der Waals surface area contributed by atoms with Crippen LogP contribution in [0.15, 0.2) is 36.6 Å². The standard InChI is InChI=1S/C27H39FN6O2S/c1-6-34(14-20-8-7-12-30-20)13-11-18(4)36-15-21(9-10-22(28)17(2)3)33-26-23-19(5)24(25(29)35)37-27(23)32-16-31-26/h7-8,10,12,16-18,21,30H,6,9,11,13-15H2,1-5H3,(H2,29,35)(H,31,32,33). The molecule has 0 saturated carbocycles. The lowest BCUT2D eigenvalue weighted by atomic mass is 10.1. The summed E-state index contributed by atoms with van der Waals surface area (Å²) in [6, 6.07) is 3.88. The van der Waals surface area contributed by atoms with E-state index in [1.54, 1.807) is 6.08 Å². The van der Waals surface area contributed by atoms with Crippen LogP contribution in [0.25, 0.3) is 10.2 Å². The number of primary amides is 1. The summed E-state index contributed by atoms with van der Waals surface area (Å²) in [7, 11) is 0. The number of ether oxygens (including phenoxy) is 1. The van der Waals surface area contributed by atoms with Crippen molar-refractivity contribution in [3.63, 3.8) is 0 Å². The number of amides is 1. The normalized spacial score (nSPS) is 14.0. The number of aromatic nitrogens is 3. The number of nitrogens with zero attached hydrogens (tertiary/aromatic N) is 3. The Labute approximate surface area is 222 Å². The molecular formula is C27H39FN6O2S. The third-order valence-electron chi connectivity index (χ3n) is 6.38. The van der Waals surface area contributed by atoms with Crippen LogP contribution in [-0.2, 0) is 11.3 Å². The number of anilines is 1. The Morgan fingerprint density at radius 1 is 1.35 bits per heavy atom. The van der Waals surface area contributed by atoms with Crippen LogP contribution in [0.3, 0.4) is 0 Å². The van der Waals surface area contributed by atoms with Crippen LogP contribution in [0.1, 0.15) is 61.5 Å². The maximum absolute atomic E-state index is 14.3. The fourth-order valence-electron chi connectivity index (χ4n) is 4.05. The molecule has 2 unspecified atom stereocenters. The maximum atomic E-state index is 14.3. The van der Waals surface area contributed by atoms with Crippen molar-refractivity contribution in [1.29, 1.82) is 0 Å². The molecule has 0 radical (unpaired) electrons. The molecule has 202 valence electrons. The highest BCUT2D eigenvalue weighted by Gasteiger charge is 2.20. The second-order valence-corrected chi connectivity index (χ2v) is 10.6. The Bertz CT molecular complexity index is 1180. The van der Waals surface area contributed by atoms with Crippen LogP contribution in [0.2, 0.25) is 0 Å². The average molecular weight is 531 g/mol. The summed E-state index contributed by atoms with van der Waals surface area (Å²) in [5.41, 5.74) is 7.48. The fraction of sp³-hybridized carbons (Fsp3) is 0.519. The van der Waals surface area contributed by atoms with Crippen molar-refractivity contribution < 1.29 is 13.9 Å². The number of carbonyl (C=O) groups is 1. The van der Waals surface area contributed by atoms with Gasteiger partial charge in [0.05, 0.1) is 34.8 Å². The van der Waals surface area contributed by atoms with Crippen molar-refractivity contribution >= 4 is 33.3 Å². The SMILES string of the molecule is CCN(CCC(C)OCC(CC=C(F)C(C)C)Nc1ncnc2sc(C(N)=O)c(C)c12)Cc1ccc[nH]1. The monoisotopic (exact) mass is 530 g/mol. The van der Waals surface area contributed by atoms with E-state index in [1.165, 1.54) is 23.4 Å². The van der Waals surface area contributed by atoms with E-state index in [1.807, 2.05) is 33.0 Å². The van der Waals surface area contributed by atoms with Gasteiger partial charge in [-0.1, -0.05) is 26.8 Å². The number of aryl methyl sites for hydroxylation is 1. The highest BCUT2D eigenvalue weighted by molar-refractivity contribution is 7.20. The topological polar surface area (TPSA) is 109 Å². The van der Waals surface area contributed by atoms with Crippen molar-refractivity contribution in [3.8, 4) is 0 Å². The molecule has 10 heteroatoms. The minimum atomic E-state index is -0.487. The number of aromatic amines is 1. The second-order valence-electron chi connectivity index (χ2n) is 9.64. The summed E-state index contributed by atoms with van der Waals surface area (Å²) in [6.45, 7) is 12.8. The number of rotatable bonds is 15. The average Bonchev–Trinajstić information content (AvgIpc) is 3.51. The lowest BCUT2D eigenvalue weighted by Gasteiger charge is -2.24. The number of allylic oxidation sites excluding steroid dienone is 1. The van der Waals surface area contributed by atoms with E-state index >= 15 is 0 Å².